The summed E-state index contributed by atoms with van der Waals surface area (Å²) in [6.45, 7) is 3.82. The van der Waals surface area contributed by atoms with Gasteiger partial charge in [-0.05, 0) is 55.3 Å². The van der Waals surface area contributed by atoms with E-state index in [9.17, 15) is 17.6 Å². The molecule has 3 aromatic rings. The van der Waals surface area contributed by atoms with Crippen molar-refractivity contribution in [1.82, 2.24) is 10.0 Å². The minimum atomic E-state index is -3.64. The lowest BCUT2D eigenvalue weighted by atomic mass is 10.1. The van der Waals surface area contributed by atoms with Crippen molar-refractivity contribution in [2.45, 2.75) is 31.6 Å². The lowest BCUT2D eigenvalue weighted by molar-refractivity contribution is -0.121. The molecule has 0 atom stereocenters. The van der Waals surface area contributed by atoms with Gasteiger partial charge in [0, 0.05) is 25.9 Å². The third kappa shape index (κ3) is 6.02. The average molecular weight is 445 g/mol. The fraction of sp³-hybridized carbons (Fsp3) is 0.261. The first-order valence-corrected chi connectivity index (χ1v) is 11.4. The van der Waals surface area contributed by atoms with Crippen LogP contribution in [0.1, 0.15) is 23.3 Å². The summed E-state index contributed by atoms with van der Waals surface area (Å²) in [6.07, 6.45) is 0.530. The number of carbonyl (C=O) groups excluding carboxylic acids is 1. The summed E-state index contributed by atoms with van der Waals surface area (Å²) < 4.78 is 46.8. The molecule has 0 saturated carbocycles. The monoisotopic (exact) mass is 444 g/mol. The summed E-state index contributed by atoms with van der Waals surface area (Å²) in [5.74, 6) is 0.387. The van der Waals surface area contributed by atoms with Crippen LogP contribution in [0, 0.1) is 19.7 Å². The number of rotatable bonds is 9. The van der Waals surface area contributed by atoms with E-state index < -0.39 is 10.0 Å². The van der Waals surface area contributed by atoms with Crippen molar-refractivity contribution >= 4 is 15.9 Å². The fourth-order valence-electron chi connectivity index (χ4n) is 3.11. The number of benzene rings is 2. The Balaban J connectivity index is 1.44. The Morgan fingerprint density at radius 1 is 1.03 bits per heavy atom. The number of nitrogens with one attached hydrogen (secondary N) is 2. The zero-order valence-corrected chi connectivity index (χ0v) is 18.3. The second-order valence-corrected chi connectivity index (χ2v) is 9.00. The second kappa shape index (κ2) is 9.89. The molecule has 0 fully saturated rings. The molecule has 2 aromatic carbocycles. The van der Waals surface area contributed by atoms with Gasteiger partial charge in [0.1, 0.15) is 17.3 Å². The van der Waals surface area contributed by atoms with Crippen molar-refractivity contribution in [3.05, 3.63) is 77.3 Å². The van der Waals surface area contributed by atoms with Crippen LogP contribution in [-0.4, -0.2) is 27.4 Å². The Bertz CT molecular complexity index is 1170. The molecule has 0 radical (unpaired) electrons. The summed E-state index contributed by atoms with van der Waals surface area (Å²) in [4.78, 5) is 12.3. The number of sulfonamides is 1. The van der Waals surface area contributed by atoms with Gasteiger partial charge in [0.25, 0.3) is 0 Å². The number of aryl methyl sites for hydroxylation is 3. The van der Waals surface area contributed by atoms with E-state index in [1.807, 2.05) is 13.0 Å². The molecule has 164 valence electrons. The van der Waals surface area contributed by atoms with Crippen molar-refractivity contribution < 1.29 is 22.0 Å². The van der Waals surface area contributed by atoms with E-state index in [1.165, 1.54) is 6.07 Å². The standard InChI is InChI=1S/C23H25FN2O4S/c1-16-7-8-17(2)22(15-16)31(28,29)26-14-13-25-23(27)12-10-18-9-11-21(30-18)19-5-3-4-6-20(19)24/h3-9,11,15,26H,10,12-14H2,1-2H3,(H,25,27). The molecule has 2 N–H and O–H groups in total. The molecule has 0 aliphatic rings. The highest BCUT2D eigenvalue weighted by Gasteiger charge is 2.16. The molecule has 1 amide bonds. The van der Waals surface area contributed by atoms with Crippen LogP contribution in [0.4, 0.5) is 4.39 Å². The van der Waals surface area contributed by atoms with Crippen molar-refractivity contribution in [3.63, 3.8) is 0 Å². The number of hydrogen-bond acceptors (Lipinski definition) is 4. The molecule has 0 bridgehead atoms. The largest absolute Gasteiger partial charge is 0.461 e. The van der Waals surface area contributed by atoms with Crippen molar-refractivity contribution in [2.75, 3.05) is 13.1 Å². The van der Waals surface area contributed by atoms with E-state index in [2.05, 4.69) is 10.0 Å². The Kier molecular flexibility index (Phi) is 7.25. The second-order valence-electron chi connectivity index (χ2n) is 7.26. The number of hydrogen-bond donors (Lipinski definition) is 2. The molecule has 1 heterocycles. The lowest BCUT2D eigenvalue weighted by Gasteiger charge is -2.10. The number of halogens is 1. The summed E-state index contributed by atoms with van der Waals surface area (Å²) >= 11 is 0. The molecule has 0 unspecified atom stereocenters. The van der Waals surface area contributed by atoms with Crippen LogP contribution in [0.5, 0.6) is 0 Å². The highest BCUT2D eigenvalue weighted by Crippen LogP contribution is 2.25. The Labute approximate surface area is 181 Å². The van der Waals surface area contributed by atoms with Crippen LogP contribution in [0.2, 0.25) is 0 Å². The topological polar surface area (TPSA) is 88.4 Å². The molecular weight excluding hydrogens is 419 g/mol. The van der Waals surface area contributed by atoms with Gasteiger partial charge in [0.05, 0.1) is 10.5 Å². The highest BCUT2D eigenvalue weighted by atomic mass is 32.2. The van der Waals surface area contributed by atoms with Crippen LogP contribution < -0.4 is 10.0 Å². The normalized spacial score (nSPS) is 11.5. The minimum Gasteiger partial charge on any atom is -0.461 e. The van der Waals surface area contributed by atoms with E-state index in [0.717, 1.165) is 5.56 Å². The smallest absolute Gasteiger partial charge is 0.240 e. The molecule has 8 heteroatoms. The zero-order valence-electron chi connectivity index (χ0n) is 17.4. The van der Waals surface area contributed by atoms with Gasteiger partial charge in [-0.15, -0.1) is 0 Å². The molecule has 0 aliphatic heterocycles. The van der Waals surface area contributed by atoms with Gasteiger partial charge in [-0.2, -0.15) is 0 Å². The van der Waals surface area contributed by atoms with E-state index in [0.29, 0.717) is 29.1 Å². The van der Waals surface area contributed by atoms with Gasteiger partial charge in [0.15, 0.2) is 0 Å². The first kappa shape index (κ1) is 22.7. The summed E-state index contributed by atoms with van der Waals surface area (Å²) in [6, 6.07) is 14.9. The predicted octanol–water partition coefficient (Wildman–Crippen LogP) is 3.73. The Morgan fingerprint density at radius 3 is 2.58 bits per heavy atom. The summed E-state index contributed by atoms with van der Waals surface area (Å²) in [5, 5.41) is 2.68. The molecular formula is C23H25FN2O4S. The molecule has 3 rings (SSSR count). The Morgan fingerprint density at radius 2 is 1.81 bits per heavy atom. The maximum absolute atomic E-state index is 13.8. The molecule has 0 saturated heterocycles. The van der Waals surface area contributed by atoms with E-state index in [1.54, 1.807) is 49.4 Å². The summed E-state index contributed by atoms with van der Waals surface area (Å²) in [5.41, 5.74) is 1.89. The van der Waals surface area contributed by atoms with Crippen LogP contribution in [-0.2, 0) is 21.2 Å². The maximum Gasteiger partial charge on any atom is 0.240 e. The van der Waals surface area contributed by atoms with Gasteiger partial charge in [-0.25, -0.2) is 17.5 Å². The Hall–Kier alpha value is -2.97. The third-order valence-electron chi connectivity index (χ3n) is 4.77. The van der Waals surface area contributed by atoms with E-state index in [-0.39, 0.29) is 36.1 Å². The number of carbonyl (C=O) groups is 1. The molecule has 0 spiro atoms. The SMILES string of the molecule is Cc1ccc(C)c(S(=O)(=O)NCCNC(=O)CCc2ccc(-c3ccccc3F)o2)c1. The van der Waals surface area contributed by atoms with Crippen molar-refractivity contribution in [2.24, 2.45) is 0 Å². The molecule has 0 aliphatic carbocycles. The number of amides is 1. The van der Waals surface area contributed by atoms with Crippen LogP contribution in [0.15, 0.2) is 63.9 Å². The van der Waals surface area contributed by atoms with Gasteiger partial charge in [0.2, 0.25) is 15.9 Å². The minimum absolute atomic E-state index is 0.0830. The van der Waals surface area contributed by atoms with Gasteiger partial charge in [-0.1, -0.05) is 24.3 Å². The zero-order chi connectivity index (χ0) is 22.4. The molecule has 6 nitrogen and oxygen atoms in total. The first-order chi connectivity index (χ1) is 14.8. The lowest BCUT2D eigenvalue weighted by Crippen LogP contribution is -2.35. The predicted molar refractivity (Wildman–Crippen MR) is 117 cm³/mol. The van der Waals surface area contributed by atoms with Gasteiger partial charge in [-0.3, -0.25) is 4.79 Å². The van der Waals surface area contributed by atoms with Crippen LogP contribution in [0.3, 0.4) is 0 Å². The molecule has 31 heavy (non-hydrogen) atoms. The molecule has 1 aromatic heterocycles. The average Bonchev–Trinajstić information content (AvgIpc) is 3.20. The first-order valence-electron chi connectivity index (χ1n) is 9.93. The van der Waals surface area contributed by atoms with Crippen LogP contribution >= 0.6 is 0 Å². The van der Waals surface area contributed by atoms with Gasteiger partial charge < -0.3 is 9.73 Å². The van der Waals surface area contributed by atoms with Crippen molar-refractivity contribution in [3.8, 4) is 11.3 Å². The maximum atomic E-state index is 13.8. The third-order valence-corrected chi connectivity index (χ3v) is 6.37. The highest BCUT2D eigenvalue weighted by molar-refractivity contribution is 7.89. The number of furan rings is 1. The van der Waals surface area contributed by atoms with Crippen LogP contribution in [0.25, 0.3) is 11.3 Å². The van der Waals surface area contributed by atoms with E-state index in [4.69, 9.17) is 4.42 Å². The summed E-state index contributed by atoms with van der Waals surface area (Å²) in [7, 11) is -3.64. The van der Waals surface area contributed by atoms with Crippen molar-refractivity contribution in [1.29, 1.82) is 0 Å². The van der Waals surface area contributed by atoms with E-state index >= 15 is 0 Å². The quantitative estimate of drug-likeness (QED) is 0.492. The fourth-order valence-corrected chi connectivity index (χ4v) is 4.46. The van der Waals surface area contributed by atoms with Gasteiger partial charge >= 0.3 is 0 Å².